The van der Waals surface area contributed by atoms with Crippen molar-refractivity contribution in [3.63, 3.8) is 0 Å². The molecule has 0 fully saturated rings. The highest BCUT2D eigenvalue weighted by Gasteiger charge is 2.26. The van der Waals surface area contributed by atoms with Crippen LogP contribution in [0, 0.1) is 13.8 Å². The highest BCUT2D eigenvalue weighted by atomic mass is 32.1. The first kappa shape index (κ1) is 19.4. The highest BCUT2D eigenvalue weighted by Crippen LogP contribution is 2.26. The molecule has 5 nitrogen and oxygen atoms in total. The molecule has 1 heterocycles. The number of anilines is 1. The zero-order chi connectivity index (χ0) is 18.6. The zero-order valence-corrected chi connectivity index (χ0v) is 16.4. The lowest BCUT2D eigenvalue weighted by Crippen LogP contribution is -2.39. The Morgan fingerprint density at radius 2 is 1.92 bits per heavy atom. The average Bonchev–Trinajstić information content (AvgIpc) is 2.93. The van der Waals surface area contributed by atoms with Gasteiger partial charge in [0.25, 0.3) is 5.91 Å². The number of nitrogens with zero attached hydrogens (tertiary/aromatic N) is 2. The molecule has 1 amide bonds. The van der Waals surface area contributed by atoms with E-state index in [0.29, 0.717) is 4.88 Å². The third-order valence-electron chi connectivity index (χ3n) is 4.03. The monoisotopic (exact) mass is 361 g/mol. The molecule has 25 heavy (non-hydrogen) atoms. The number of carbonyl (C=O) groups excluding carboxylic acids is 1. The fourth-order valence-electron chi connectivity index (χ4n) is 2.56. The highest BCUT2D eigenvalue weighted by molar-refractivity contribution is 7.17. The van der Waals surface area contributed by atoms with E-state index in [1.807, 2.05) is 58.9 Å². The Hall–Kier alpha value is -1.92. The first-order valence-corrected chi connectivity index (χ1v) is 9.42. The molecule has 1 unspecified atom stereocenters. The molecule has 2 aromatic rings. The van der Waals surface area contributed by atoms with Crippen LogP contribution in [0.25, 0.3) is 0 Å². The van der Waals surface area contributed by atoms with Gasteiger partial charge >= 0.3 is 0 Å². The van der Waals surface area contributed by atoms with Crippen molar-refractivity contribution in [1.29, 1.82) is 0 Å². The molecule has 2 rings (SSSR count). The van der Waals surface area contributed by atoms with Gasteiger partial charge in [0.2, 0.25) is 0 Å². The number of carbonyl (C=O) groups is 1. The second-order valence-electron chi connectivity index (χ2n) is 6.44. The van der Waals surface area contributed by atoms with Gasteiger partial charge in [0.05, 0.1) is 18.3 Å². The molecule has 0 radical (unpaired) electrons. The molecule has 2 N–H and O–H groups in total. The van der Waals surface area contributed by atoms with Crippen LogP contribution in [0.2, 0.25) is 0 Å². The molecule has 1 atom stereocenters. The van der Waals surface area contributed by atoms with E-state index in [2.05, 4.69) is 10.3 Å². The van der Waals surface area contributed by atoms with Gasteiger partial charge in [-0.3, -0.25) is 4.79 Å². The number of amides is 1. The largest absolute Gasteiger partial charge is 0.387 e. The van der Waals surface area contributed by atoms with Crippen LogP contribution in [0.15, 0.2) is 24.3 Å². The molecule has 1 aromatic carbocycles. The summed E-state index contributed by atoms with van der Waals surface area (Å²) in [6.45, 7) is 10.8. The van der Waals surface area contributed by atoms with Gasteiger partial charge in [-0.2, -0.15) is 0 Å². The Bertz CT molecular complexity index is 710. The van der Waals surface area contributed by atoms with E-state index in [4.69, 9.17) is 0 Å². The van der Waals surface area contributed by atoms with Gasteiger partial charge in [-0.25, -0.2) is 4.98 Å². The number of nitrogens with one attached hydrogen (secondary N) is 1. The maximum absolute atomic E-state index is 13.0. The molecule has 0 bridgehead atoms. The SMILES string of the molecule is CCNc1nc(C)c(C(=O)N(CC(O)c2ccc(C)cc2)C(C)C)s1. The van der Waals surface area contributed by atoms with Crippen molar-refractivity contribution in [2.75, 3.05) is 18.4 Å². The van der Waals surface area contributed by atoms with Crippen LogP contribution in [0.5, 0.6) is 0 Å². The maximum atomic E-state index is 13.0. The van der Waals surface area contributed by atoms with Gasteiger partial charge in [0.15, 0.2) is 5.13 Å². The molecule has 0 saturated carbocycles. The van der Waals surface area contributed by atoms with E-state index >= 15 is 0 Å². The van der Waals surface area contributed by atoms with Crippen molar-refractivity contribution < 1.29 is 9.90 Å². The van der Waals surface area contributed by atoms with Crippen LogP contribution in [0.4, 0.5) is 5.13 Å². The fourth-order valence-corrected chi connectivity index (χ4v) is 3.55. The van der Waals surface area contributed by atoms with Crippen molar-refractivity contribution in [3.8, 4) is 0 Å². The minimum Gasteiger partial charge on any atom is -0.387 e. The van der Waals surface area contributed by atoms with E-state index in [0.717, 1.165) is 28.5 Å². The fraction of sp³-hybridized carbons (Fsp3) is 0.474. The van der Waals surface area contributed by atoms with Crippen LogP contribution in [0.3, 0.4) is 0 Å². The lowest BCUT2D eigenvalue weighted by atomic mass is 10.1. The molecule has 0 aliphatic heterocycles. The van der Waals surface area contributed by atoms with Crippen molar-refractivity contribution >= 4 is 22.4 Å². The average molecular weight is 362 g/mol. The predicted octanol–water partition coefficient (Wildman–Crippen LogP) is 3.78. The van der Waals surface area contributed by atoms with Crippen molar-refractivity contribution in [2.24, 2.45) is 0 Å². The Morgan fingerprint density at radius 1 is 1.28 bits per heavy atom. The summed E-state index contributed by atoms with van der Waals surface area (Å²) in [5.41, 5.74) is 2.68. The molecule has 6 heteroatoms. The third kappa shape index (κ3) is 4.80. The van der Waals surface area contributed by atoms with E-state index in [1.165, 1.54) is 11.3 Å². The summed E-state index contributed by atoms with van der Waals surface area (Å²) in [5, 5.41) is 14.5. The van der Waals surface area contributed by atoms with Crippen molar-refractivity contribution in [1.82, 2.24) is 9.88 Å². The summed E-state index contributed by atoms with van der Waals surface area (Å²) in [6.07, 6.45) is -0.714. The maximum Gasteiger partial charge on any atom is 0.266 e. The second kappa shape index (κ2) is 8.45. The van der Waals surface area contributed by atoms with Gasteiger partial charge in [-0.05, 0) is 40.2 Å². The normalized spacial score (nSPS) is 12.3. The molecule has 0 saturated heterocycles. The van der Waals surface area contributed by atoms with Crippen molar-refractivity contribution in [3.05, 3.63) is 46.0 Å². The van der Waals surface area contributed by atoms with E-state index in [-0.39, 0.29) is 18.5 Å². The topological polar surface area (TPSA) is 65.5 Å². The molecular weight excluding hydrogens is 334 g/mol. The number of hydrogen-bond acceptors (Lipinski definition) is 5. The first-order valence-electron chi connectivity index (χ1n) is 8.60. The third-order valence-corrected chi connectivity index (χ3v) is 5.14. The lowest BCUT2D eigenvalue weighted by molar-refractivity contribution is 0.0553. The quantitative estimate of drug-likeness (QED) is 0.788. The van der Waals surface area contributed by atoms with Gasteiger partial charge in [-0.15, -0.1) is 0 Å². The summed E-state index contributed by atoms with van der Waals surface area (Å²) in [7, 11) is 0. The van der Waals surface area contributed by atoms with Gasteiger partial charge in [0, 0.05) is 12.6 Å². The number of aromatic nitrogens is 1. The number of aliphatic hydroxyl groups excluding tert-OH is 1. The van der Waals surface area contributed by atoms with E-state index in [9.17, 15) is 9.90 Å². The number of thiazole rings is 1. The van der Waals surface area contributed by atoms with Crippen LogP contribution >= 0.6 is 11.3 Å². The number of hydrogen-bond donors (Lipinski definition) is 2. The summed E-state index contributed by atoms with van der Waals surface area (Å²) >= 11 is 1.37. The summed E-state index contributed by atoms with van der Waals surface area (Å²) < 4.78 is 0. The smallest absolute Gasteiger partial charge is 0.266 e. The molecule has 136 valence electrons. The second-order valence-corrected chi connectivity index (χ2v) is 7.44. The summed E-state index contributed by atoms with van der Waals surface area (Å²) in [5.74, 6) is -0.0830. The first-order chi connectivity index (χ1) is 11.8. The Balaban J connectivity index is 2.19. The van der Waals surface area contributed by atoms with Gasteiger partial charge in [-0.1, -0.05) is 41.2 Å². The molecule has 0 spiro atoms. The van der Waals surface area contributed by atoms with E-state index in [1.54, 1.807) is 4.90 Å². The Morgan fingerprint density at radius 3 is 2.48 bits per heavy atom. The van der Waals surface area contributed by atoms with Crippen molar-refractivity contribution in [2.45, 2.75) is 46.8 Å². The van der Waals surface area contributed by atoms with Gasteiger partial charge in [0.1, 0.15) is 4.88 Å². The Labute approximate surface area is 153 Å². The van der Waals surface area contributed by atoms with Crippen LogP contribution in [-0.2, 0) is 0 Å². The lowest BCUT2D eigenvalue weighted by Gasteiger charge is -2.29. The summed E-state index contributed by atoms with van der Waals surface area (Å²) in [6, 6.07) is 7.73. The number of aliphatic hydroxyl groups is 1. The minimum absolute atomic E-state index is 0.0170. The molecule has 1 aromatic heterocycles. The minimum atomic E-state index is -0.714. The van der Waals surface area contributed by atoms with Crippen LogP contribution < -0.4 is 5.32 Å². The molecule has 0 aliphatic carbocycles. The number of aryl methyl sites for hydroxylation is 2. The van der Waals surface area contributed by atoms with Gasteiger partial charge < -0.3 is 15.3 Å². The van der Waals surface area contributed by atoms with E-state index < -0.39 is 6.10 Å². The molecular formula is C19H27N3O2S. The number of benzene rings is 1. The predicted molar refractivity (Wildman–Crippen MR) is 103 cm³/mol. The molecule has 0 aliphatic rings. The summed E-state index contributed by atoms with van der Waals surface area (Å²) in [4.78, 5) is 19.7. The number of rotatable bonds is 7. The van der Waals surface area contributed by atoms with Crippen LogP contribution in [0.1, 0.15) is 53.4 Å². The zero-order valence-electron chi connectivity index (χ0n) is 15.5. The standard InChI is InChI=1S/C19H27N3O2S/c1-6-20-19-21-14(5)17(25-19)18(24)22(12(2)3)11-16(23)15-9-7-13(4)8-10-15/h7-10,12,16,23H,6,11H2,1-5H3,(H,20,21). The van der Waals surface area contributed by atoms with Crippen LogP contribution in [-0.4, -0.2) is 40.0 Å². The Kier molecular flexibility index (Phi) is 6.56.